The molecule has 2 aliphatic carbocycles. The Morgan fingerprint density at radius 1 is 1.25 bits per heavy atom. The Morgan fingerprint density at radius 3 is 2.94 bits per heavy atom. The Morgan fingerprint density at radius 2 is 2.12 bits per heavy atom. The largest absolute Gasteiger partial charge is 0.351 e. The van der Waals surface area contributed by atoms with Crippen LogP contribution in [0.4, 0.5) is 5.95 Å². The Labute approximate surface area is 95.7 Å². The van der Waals surface area contributed by atoms with Crippen molar-refractivity contribution >= 4 is 5.95 Å². The molecule has 0 radical (unpaired) electrons. The molecule has 1 saturated carbocycles. The van der Waals surface area contributed by atoms with Gasteiger partial charge >= 0.3 is 0 Å². The predicted molar refractivity (Wildman–Crippen MR) is 63.2 cm³/mol. The molecule has 0 amide bonds. The highest BCUT2D eigenvalue weighted by molar-refractivity contribution is 5.34. The summed E-state index contributed by atoms with van der Waals surface area (Å²) in [5, 5.41) is 3.34. The van der Waals surface area contributed by atoms with E-state index in [9.17, 15) is 0 Å². The minimum absolute atomic E-state index is 0.132. The first kappa shape index (κ1) is 10.0. The maximum absolute atomic E-state index is 6.11. The summed E-state index contributed by atoms with van der Waals surface area (Å²) in [6, 6.07) is 0.741. The van der Waals surface area contributed by atoms with Gasteiger partial charge in [-0.15, -0.1) is 0 Å². The van der Waals surface area contributed by atoms with Crippen LogP contribution in [0.1, 0.15) is 49.4 Å². The number of nitrogens with zero attached hydrogens (tertiary/aromatic N) is 2. The molecule has 3 rings (SSSR count). The summed E-state index contributed by atoms with van der Waals surface area (Å²) in [5.74, 6) is 0.787. The van der Waals surface area contributed by atoms with E-state index < -0.39 is 0 Å². The summed E-state index contributed by atoms with van der Waals surface area (Å²) in [7, 11) is 0. The van der Waals surface area contributed by atoms with E-state index >= 15 is 0 Å². The molecule has 4 nitrogen and oxygen atoms in total. The average molecular weight is 218 g/mol. The van der Waals surface area contributed by atoms with Gasteiger partial charge in [0.15, 0.2) is 0 Å². The molecular formula is C12H18N4. The van der Waals surface area contributed by atoms with Gasteiger partial charge in [0.05, 0.1) is 5.69 Å². The van der Waals surface area contributed by atoms with Crippen molar-refractivity contribution in [1.29, 1.82) is 0 Å². The van der Waals surface area contributed by atoms with E-state index in [2.05, 4.69) is 15.3 Å². The fourth-order valence-electron chi connectivity index (χ4n) is 2.23. The zero-order chi connectivity index (χ0) is 11.0. The van der Waals surface area contributed by atoms with E-state index in [1.165, 1.54) is 25.7 Å². The topological polar surface area (TPSA) is 63.8 Å². The third-order valence-corrected chi connectivity index (χ3v) is 3.39. The Bertz CT molecular complexity index is 387. The number of fused-ring (bicyclic) bond motifs is 1. The van der Waals surface area contributed by atoms with E-state index in [0.717, 1.165) is 30.0 Å². The van der Waals surface area contributed by atoms with Crippen molar-refractivity contribution in [3.05, 3.63) is 17.5 Å². The lowest BCUT2D eigenvalue weighted by Gasteiger charge is -2.12. The van der Waals surface area contributed by atoms with Crippen LogP contribution in [0.3, 0.4) is 0 Å². The van der Waals surface area contributed by atoms with Gasteiger partial charge in [-0.2, -0.15) is 0 Å². The summed E-state index contributed by atoms with van der Waals surface area (Å²) in [5.41, 5.74) is 8.42. The molecule has 4 heteroatoms. The number of anilines is 1. The zero-order valence-electron chi connectivity index (χ0n) is 9.45. The smallest absolute Gasteiger partial charge is 0.223 e. The maximum Gasteiger partial charge on any atom is 0.223 e. The van der Waals surface area contributed by atoms with Gasteiger partial charge in [0.1, 0.15) is 0 Å². The highest BCUT2D eigenvalue weighted by atomic mass is 15.1. The van der Waals surface area contributed by atoms with E-state index in [4.69, 9.17) is 5.73 Å². The number of aryl methyl sites for hydroxylation is 1. The van der Waals surface area contributed by atoms with Crippen molar-refractivity contribution in [3.8, 4) is 0 Å². The Kier molecular flexibility index (Phi) is 2.52. The van der Waals surface area contributed by atoms with Crippen molar-refractivity contribution in [3.63, 3.8) is 0 Å². The molecule has 1 aromatic heterocycles. The molecule has 0 saturated heterocycles. The van der Waals surface area contributed by atoms with Gasteiger partial charge in [-0.3, -0.25) is 0 Å². The van der Waals surface area contributed by atoms with Gasteiger partial charge in [0, 0.05) is 23.8 Å². The first-order valence-corrected chi connectivity index (χ1v) is 6.21. The van der Waals surface area contributed by atoms with Gasteiger partial charge in [0.25, 0.3) is 0 Å². The van der Waals surface area contributed by atoms with Gasteiger partial charge in [-0.05, 0) is 32.1 Å². The molecule has 0 spiro atoms. The lowest BCUT2D eigenvalue weighted by atomic mass is 10.1. The lowest BCUT2D eigenvalue weighted by Crippen LogP contribution is -2.14. The monoisotopic (exact) mass is 218 g/mol. The number of aromatic nitrogens is 2. The summed E-state index contributed by atoms with van der Waals surface area (Å²) in [6.45, 7) is 0. The molecule has 16 heavy (non-hydrogen) atoms. The maximum atomic E-state index is 6.11. The van der Waals surface area contributed by atoms with E-state index in [1.807, 2.05) is 6.20 Å². The molecule has 1 unspecified atom stereocenters. The minimum atomic E-state index is 0.132. The summed E-state index contributed by atoms with van der Waals surface area (Å²) in [6.07, 6.45) is 8.92. The lowest BCUT2D eigenvalue weighted by molar-refractivity contribution is 0.614. The third-order valence-electron chi connectivity index (χ3n) is 3.39. The van der Waals surface area contributed by atoms with Crippen LogP contribution in [-0.4, -0.2) is 16.0 Å². The number of hydrogen-bond donors (Lipinski definition) is 2. The molecule has 1 atom stereocenters. The Balaban J connectivity index is 1.86. The van der Waals surface area contributed by atoms with Crippen LogP contribution < -0.4 is 11.1 Å². The average Bonchev–Trinajstić information content (AvgIpc) is 3.08. The molecule has 1 fully saturated rings. The molecular weight excluding hydrogens is 200 g/mol. The highest BCUT2D eigenvalue weighted by Crippen LogP contribution is 2.27. The quantitative estimate of drug-likeness (QED) is 0.743. The van der Waals surface area contributed by atoms with Crippen LogP contribution >= 0.6 is 0 Å². The fourth-order valence-corrected chi connectivity index (χ4v) is 2.23. The summed E-state index contributed by atoms with van der Waals surface area (Å²) in [4.78, 5) is 8.96. The number of nitrogens with two attached hydrogens (primary N) is 1. The van der Waals surface area contributed by atoms with Gasteiger partial charge in [-0.1, -0.05) is 6.42 Å². The number of rotatable bonds is 2. The van der Waals surface area contributed by atoms with E-state index in [1.54, 1.807) is 0 Å². The van der Waals surface area contributed by atoms with E-state index in [-0.39, 0.29) is 6.04 Å². The molecule has 86 valence electrons. The SMILES string of the molecule is NC1CCCCc2nc(NC3CC3)ncc21. The number of nitrogens with one attached hydrogen (secondary N) is 1. The van der Waals surface area contributed by atoms with Crippen LogP contribution in [0.25, 0.3) is 0 Å². The third kappa shape index (κ3) is 2.02. The first-order chi connectivity index (χ1) is 7.83. The first-order valence-electron chi connectivity index (χ1n) is 6.21. The van der Waals surface area contributed by atoms with Crippen molar-refractivity contribution in [1.82, 2.24) is 9.97 Å². The van der Waals surface area contributed by atoms with Crippen molar-refractivity contribution < 1.29 is 0 Å². The second kappa shape index (κ2) is 4.01. The molecule has 2 aliphatic rings. The molecule has 0 aromatic carbocycles. The molecule has 0 bridgehead atoms. The standard InChI is InChI=1S/C12H18N4/c13-10-3-1-2-4-11-9(10)7-14-12(16-11)15-8-5-6-8/h7-8,10H,1-6,13H2,(H,14,15,16). The summed E-state index contributed by atoms with van der Waals surface area (Å²) >= 11 is 0. The Hall–Kier alpha value is -1.16. The van der Waals surface area contributed by atoms with Crippen molar-refractivity contribution in [2.45, 2.75) is 50.6 Å². The second-order valence-corrected chi connectivity index (χ2v) is 4.87. The van der Waals surface area contributed by atoms with Gasteiger partial charge < -0.3 is 11.1 Å². The fraction of sp³-hybridized carbons (Fsp3) is 0.667. The van der Waals surface area contributed by atoms with Crippen molar-refractivity contribution in [2.24, 2.45) is 5.73 Å². The molecule has 0 aliphatic heterocycles. The summed E-state index contributed by atoms with van der Waals surface area (Å²) < 4.78 is 0. The van der Waals surface area contributed by atoms with Gasteiger partial charge in [0.2, 0.25) is 5.95 Å². The van der Waals surface area contributed by atoms with Crippen LogP contribution in [0.15, 0.2) is 6.20 Å². The van der Waals surface area contributed by atoms with Crippen LogP contribution in [0.2, 0.25) is 0 Å². The molecule has 3 N–H and O–H groups in total. The minimum Gasteiger partial charge on any atom is -0.351 e. The van der Waals surface area contributed by atoms with Crippen LogP contribution in [-0.2, 0) is 6.42 Å². The zero-order valence-corrected chi connectivity index (χ0v) is 9.45. The van der Waals surface area contributed by atoms with Crippen molar-refractivity contribution in [2.75, 3.05) is 5.32 Å². The molecule has 1 aromatic rings. The molecule has 1 heterocycles. The number of hydrogen-bond acceptors (Lipinski definition) is 4. The highest BCUT2D eigenvalue weighted by Gasteiger charge is 2.23. The van der Waals surface area contributed by atoms with E-state index in [0.29, 0.717) is 6.04 Å². The van der Waals surface area contributed by atoms with Crippen LogP contribution in [0.5, 0.6) is 0 Å². The predicted octanol–water partition coefficient (Wildman–Crippen LogP) is 1.78. The second-order valence-electron chi connectivity index (χ2n) is 4.87. The van der Waals surface area contributed by atoms with Gasteiger partial charge in [-0.25, -0.2) is 9.97 Å². The normalized spacial score (nSPS) is 24.7. The van der Waals surface area contributed by atoms with Crippen LogP contribution in [0, 0.1) is 0 Å².